The fourth-order valence-corrected chi connectivity index (χ4v) is 2.23. The zero-order valence-corrected chi connectivity index (χ0v) is 11.3. The van der Waals surface area contributed by atoms with Gasteiger partial charge in [-0.2, -0.15) is 5.10 Å². The number of aryl methyl sites for hydroxylation is 1. The van der Waals surface area contributed by atoms with Crippen molar-refractivity contribution in [3.8, 4) is 0 Å². The van der Waals surface area contributed by atoms with E-state index in [9.17, 15) is 9.59 Å². The minimum atomic E-state index is -0.833. The summed E-state index contributed by atoms with van der Waals surface area (Å²) in [6.07, 6.45) is 4.39. The highest BCUT2D eigenvalue weighted by atomic mass is 16.4. The van der Waals surface area contributed by atoms with Crippen molar-refractivity contribution in [2.45, 2.75) is 31.6 Å². The summed E-state index contributed by atoms with van der Waals surface area (Å²) in [4.78, 5) is 24.3. The molecule has 1 aliphatic rings. The molecule has 1 aromatic heterocycles. The molecule has 1 heterocycles. The molecule has 6 nitrogen and oxygen atoms in total. The molecule has 2 rings (SSSR count). The maximum Gasteiger partial charge on any atom is 0.303 e. The van der Waals surface area contributed by atoms with E-state index in [1.165, 1.54) is 0 Å². The number of carboxylic acids is 1. The van der Waals surface area contributed by atoms with Gasteiger partial charge in [-0.05, 0) is 19.3 Å². The molecular weight excluding hydrogens is 246 g/mol. The third-order valence-corrected chi connectivity index (χ3v) is 3.41. The van der Waals surface area contributed by atoms with Crippen LogP contribution in [0.2, 0.25) is 0 Å². The first kappa shape index (κ1) is 13.6. The molecule has 1 amide bonds. The van der Waals surface area contributed by atoms with Crippen LogP contribution in [0.15, 0.2) is 6.20 Å². The van der Waals surface area contributed by atoms with Gasteiger partial charge in [0, 0.05) is 33.0 Å². The average molecular weight is 265 g/mol. The van der Waals surface area contributed by atoms with E-state index in [0.29, 0.717) is 24.4 Å². The van der Waals surface area contributed by atoms with Gasteiger partial charge in [0.1, 0.15) is 0 Å². The zero-order valence-electron chi connectivity index (χ0n) is 11.3. The second-order valence-corrected chi connectivity index (χ2v) is 5.07. The van der Waals surface area contributed by atoms with Crippen molar-refractivity contribution in [2.24, 2.45) is 7.05 Å². The van der Waals surface area contributed by atoms with Gasteiger partial charge in [-0.1, -0.05) is 0 Å². The molecule has 0 aromatic carbocycles. The van der Waals surface area contributed by atoms with E-state index < -0.39 is 5.97 Å². The predicted molar refractivity (Wildman–Crippen MR) is 69.0 cm³/mol. The minimum Gasteiger partial charge on any atom is -0.481 e. The number of amides is 1. The van der Waals surface area contributed by atoms with E-state index in [0.717, 1.165) is 18.5 Å². The third kappa shape index (κ3) is 3.13. The molecule has 1 aromatic rings. The summed E-state index contributed by atoms with van der Waals surface area (Å²) in [5.74, 6) is -0.444. The maximum absolute atomic E-state index is 12.3. The Morgan fingerprint density at radius 1 is 1.53 bits per heavy atom. The first-order valence-electron chi connectivity index (χ1n) is 6.50. The number of hydrogen-bond donors (Lipinski definition) is 1. The summed E-state index contributed by atoms with van der Waals surface area (Å²) in [7, 11) is 3.56. The van der Waals surface area contributed by atoms with E-state index in [1.807, 2.05) is 7.05 Å². The fourth-order valence-electron chi connectivity index (χ4n) is 2.23. The second kappa shape index (κ2) is 5.42. The third-order valence-electron chi connectivity index (χ3n) is 3.41. The summed E-state index contributed by atoms with van der Waals surface area (Å²) in [6.45, 7) is 0.449. The summed E-state index contributed by atoms with van der Waals surface area (Å²) >= 11 is 0. The lowest BCUT2D eigenvalue weighted by molar-refractivity contribution is -0.137. The van der Waals surface area contributed by atoms with Crippen LogP contribution in [0.3, 0.4) is 0 Å². The van der Waals surface area contributed by atoms with E-state index in [4.69, 9.17) is 5.11 Å². The highest BCUT2D eigenvalue weighted by molar-refractivity contribution is 5.95. The molecule has 0 saturated heterocycles. The van der Waals surface area contributed by atoms with E-state index >= 15 is 0 Å². The van der Waals surface area contributed by atoms with E-state index in [1.54, 1.807) is 22.8 Å². The molecule has 1 N–H and O–H groups in total. The number of carbonyl (C=O) groups excluding carboxylic acids is 1. The van der Waals surface area contributed by atoms with Crippen LogP contribution in [-0.4, -0.2) is 45.3 Å². The molecule has 0 radical (unpaired) electrons. The quantitative estimate of drug-likeness (QED) is 0.839. The SMILES string of the molecule is CN(CCCC(=O)O)C(=O)c1cnn(C)c1C1CC1. The highest BCUT2D eigenvalue weighted by Gasteiger charge is 2.32. The molecule has 1 saturated carbocycles. The number of carbonyl (C=O) groups is 2. The highest BCUT2D eigenvalue weighted by Crippen LogP contribution is 2.41. The van der Waals surface area contributed by atoms with Crippen LogP contribution in [0.25, 0.3) is 0 Å². The molecule has 0 unspecified atom stereocenters. The van der Waals surface area contributed by atoms with Crippen molar-refractivity contribution in [3.05, 3.63) is 17.5 Å². The Hall–Kier alpha value is -1.85. The lowest BCUT2D eigenvalue weighted by Gasteiger charge is -2.16. The van der Waals surface area contributed by atoms with Crippen molar-refractivity contribution in [3.63, 3.8) is 0 Å². The molecule has 0 atom stereocenters. The summed E-state index contributed by atoms with van der Waals surface area (Å²) in [5.41, 5.74) is 1.66. The monoisotopic (exact) mass is 265 g/mol. The lowest BCUT2D eigenvalue weighted by atomic mass is 10.1. The van der Waals surface area contributed by atoms with Crippen LogP contribution in [0.5, 0.6) is 0 Å². The normalized spacial score (nSPS) is 14.4. The smallest absolute Gasteiger partial charge is 0.303 e. The van der Waals surface area contributed by atoms with Crippen LogP contribution >= 0.6 is 0 Å². The van der Waals surface area contributed by atoms with Crippen molar-refractivity contribution < 1.29 is 14.7 Å². The summed E-state index contributed by atoms with van der Waals surface area (Å²) in [6, 6.07) is 0. The number of carboxylic acid groups (broad SMARTS) is 1. The molecule has 1 aliphatic carbocycles. The van der Waals surface area contributed by atoms with Gasteiger partial charge in [-0.25, -0.2) is 0 Å². The average Bonchev–Trinajstić information content (AvgIpc) is 3.11. The Kier molecular flexibility index (Phi) is 3.87. The fraction of sp³-hybridized carbons (Fsp3) is 0.615. The Morgan fingerprint density at radius 3 is 2.79 bits per heavy atom. The van der Waals surface area contributed by atoms with Gasteiger partial charge in [0.25, 0.3) is 5.91 Å². The maximum atomic E-state index is 12.3. The Bertz CT molecular complexity index is 491. The van der Waals surface area contributed by atoms with Crippen molar-refractivity contribution in [1.82, 2.24) is 14.7 Å². The van der Waals surface area contributed by atoms with Crippen LogP contribution < -0.4 is 0 Å². The van der Waals surface area contributed by atoms with Crippen LogP contribution in [0.4, 0.5) is 0 Å². The predicted octanol–water partition coefficient (Wildman–Crippen LogP) is 1.23. The van der Waals surface area contributed by atoms with Crippen molar-refractivity contribution in [2.75, 3.05) is 13.6 Å². The molecule has 104 valence electrons. The molecule has 19 heavy (non-hydrogen) atoms. The number of nitrogens with zero attached hydrogens (tertiary/aromatic N) is 3. The van der Waals surface area contributed by atoms with Gasteiger partial charge >= 0.3 is 5.97 Å². The van der Waals surface area contributed by atoms with Crippen LogP contribution in [0.1, 0.15) is 47.7 Å². The first-order chi connectivity index (χ1) is 9.00. The first-order valence-corrected chi connectivity index (χ1v) is 6.50. The van der Waals surface area contributed by atoms with Gasteiger partial charge in [0.2, 0.25) is 0 Å². The summed E-state index contributed by atoms with van der Waals surface area (Å²) < 4.78 is 1.77. The van der Waals surface area contributed by atoms with Crippen LogP contribution in [-0.2, 0) is 11.8 Å². The largest absolute Gasteiger partial charge is 0.481 e. The molecule has 0 spiro atoms. The molecule has 0 bridgehead atoms. The van der Waals surface area contributed by atoms with Gasteiger partial charge in [-0.3, -0.25) is 14.3 Å². The van der Waals surface area contributed by atoms with Gasteiger partial charge in [0.05, 0.1) is 17.5 Å². The lowest BCUT2D eigenvalue weighted by Crippen LogP contribution is -2.28. The Morgan fingerprint density at radius 2 is 2.21 bits per heavy atom. The number of aromatic nitrogens is 2. The molecular formula is C13H19N3O3. The standard InChI is InChI=1S/C13H19N3O3/c1-15(7-3-4-11(17)18)13(19)10-8-14-16(2)12(10)9-5-6-9/h8-9H,3-7H2,1-2H3,(H,17,18). The van der Waals surface area contributed by atoms with Gasteiger partial charge in [0.15, 0.2) is 0 Å². The zero-order chi connectivity index (χ0) is 14.0. The number of hydrogen-bond acceptors (Lipinski definition) is 3. The van der Waals surface area contributed by atoms with E-state index in [2.05, 4.69) is 5.10 Å². The Labute approximate surface area is 112 Å². The molecule has 1 fully saturated rings. The van der Waals surface area contributed by atoms with E-state index in [-0.39, 0.29) is 12.3 Å². The Balaban J connectivity index is 2.00. The second-order valence-electron chi connectivity index (χ2n) is 5.07. The minimum absolute atomic E-state index is 0.0691. The van der Waals surface area contributed by atoms with Gasteiger partial charge in [-0.15, -0.1) is 0 Å². The molecule has 0 aliphatic heterocycles. The summed E-state index contributed by atoms with van der Waals surface area (Å²) in [5, 5.41) is 12.8. The van der Waals surface area contributed by atoms with Crippen molar-refractivity contribution in [1.29, 1.82) is 0 Å². The van der Waals surface area contributed by atoms with Gasteiger partial charge < -0.3 is 10.0 Å². The van der Waals surface area contributed by atoms with Crippen molar-refractivity contribution >= 4 is 11.9 Å². The number of aliphatic carboxylic acids is 1. The topological polar surface area (TPSA) is 75.4 Å². The number of rotatable bonds is 6. The molecule has 6 heteroatoms. The van der Waals surface area contributed by atoms with Crippen LogP contribution in [0, 0.1) is 0 Å².